The predicted octanol–water partition coefficient (Wildman–Crippen LogP) is 3.71. The number of nitrogens with one attached hydrogen (secondary N) is 1. The molecule has 2 aliphatic rings. The quantitative estimate of drug-likeness (QED) is 0.888. The van der Waals surface area contributed by atoms with Crippen molar-refractivity contribution in [3.8, 4) is 0 Å². The highest BCUT2D eigenvalue weighted by Gasteiger charge is 2.30. The van der Waals surface area contributed by atoms with E-state index in [0.717, 1.165) is 12.0 Å². The molecule has 1 aliphatic carbocycles. The summed E-state index contributed by atoms with van der Waals surface area (Å²) in [5, 5.41) is 3.76. The molecule has 2 nitrogen and oxygen atoms in total. The molecule has 21 heavy (non-hydrogen) atoms. The molecule has 1 saturated heterocycles. The Kier molecular flexibility index (Phi) is 5.32. The van der Waals surface area contributed by atoms with Crippen molar-refractivity contribution < 1.29 is 0 Å². The zero-order chi connectivity index (χ0) is 14.5. The van der Waals surface area contributed by atoms with Crippen LogP contribution in [0, 0.1) is 6.92 Å². The van der Waals surface area contributed by atoms with Crippen molar-refractivity contribution in [2.45, 2.75) is 57.4 Å². The number of hydrogen-bond acceptors (Lipinski definition) is 2. The Morgan fingerprint density at radius 1 is 1.05 bits per heavy atom. The molecule has 2 fully saturated rings. The third kappa shape index (κ3) is 4.08. The van der Waals surface area contributed by atoms with Gasteiger partial charge in [0.15, 0.2) is 0 Å². The van der Waals surface area contributed by atoms with Crippen LogP contribution < -0.4 is 5.32 Å². The Morgan fingerprint density at radius 2 is 1.76 bits per heavy atom. The average molecular weight is 286 g/mol. The van der Waals surface area contributed by atoms with Gasteiger partial charge in [-0.05, 0) is 62.7 Å². The van der Waals surface area contributed by atoms with Crippen LogP contribution in [0.5, 0.6) is 0 Å². The van der Waals surface area contributed by atoms with Gasteiger partial charge >= 0.3 is 0 Å². The summed E-state index contributed by atoms with van der Waals surface area (Å²) in [7, 11) is 0. The van der Waals surface area contributed by atoms with E-state index in [0.29, 0.717) is 0 Å². The van der Waals surface area contributed by atoms with Crippen molar-refractivity contribution in [1.82, 2.24) is 10.2 Å². The summed E-state index contributed by atoms with van der Waals surface area (Å²) < 4.78 is 0. The van der Waals surface area contributed by atoms with Gasteiger partial charge < -0.3 is 10.2 Å². The van der Waals surface area contributed by atoms with E-state index in [-0.39, 0.29) is 0 Å². The molecule has 0 amide bonds. The summed E-state index contributed by atoms with van der Waals surface area (Å²) in [6, 6.07) is 9.64. The van der Waals surface area contributed by atoms with Gasteiger partial charge in [-0.15, -0.1) is 0 Å². The third-order valence-electron chi connectivity index (χ3n) is 5.33. The Hall–Kier alpha value is -0.860. The molecule has 1 aromatic carbocycles. The first kappa shape index (κ1) is 15.1. The molecule has 0 aromatic heterocycles. The molecule has 0 unspecified atom stereocenters. The lowest BCUT2D eigenvalue weighted by Gasteiger charge is -2.37. The second kappa shape index (κ2) is 7.42. The van der Waals surface area contributed by atoms with E-state index in [2.05, 4.69) is 41.4 Å². The first-order valence-electron chi connectivity index (χ1n) is 8.84. The van der Waals surface area contributed by atoms with Gasteiger partial charge in [-0.2, -0.15) is 0 Å². The molecule has 0 bridgehead atoms. The minimum absolute atomic E-state index is 0.751. The number of aryl methyl sites for hydroxylation is 1. The van der Waals surface area contributed by atoms with Gasteiger partial charge in [0.05, 0.1) is 0 Å². The number of hydrogen-bond donors (Lipinski definition) is 1. The zero-order valence-corrected chi connectivity index (χ0v) is 13.5. The SMILES string of the molecule is Cc1ccccc1C1CC(NCCN2CCCCCC2)C1. The van der Waals surface area contributed by atoms with Gasteiger partial charge in [0.25, 0.3) is 0 Å². The summed E-state index contributed by atoms with van der Waals surface area (Å²) in [5.41, 5.74) is 3.04. The number of rotatable bonds is 5. The van der Waals surface area contributed by atoms with E-state index >= 15 is 0 Å². The first-order valence-corrected chi connectivity index (χ1v) is 8.84. The van der Waals surface area contributed by atoms with E-state index in [4.69, 9.17) is 0 Å². The molecule has 1 heterocycles. The van der Waals surface area contributed by atoms with Crippen molar-refractivity contribution in [1.29, 1.82) is 0 Å². The Morgan fingerprint density at radius 3 is 2.48 bits per heavy atom. The lowest BCUT2D eigenvalue weighted by atomic mass is 9.74. The molecule has 1 aliphatic heterocycles. The van der Waals surface area contributed by atoms with Crippen molar-refractivity contribution in [3.63, 3.8) is 0 Å². The van der Waals surface area contributed by atoms with Crippen LogP contribution in [0.15, 0.2) is 24.3 Å². The molecule has 0 atom stereocenters. The molecule has 1 saturated carbocycles. The second-order valence-corrected chi connectivity index (χ2v) is 6.93. The minimum Gasteiger partial charge on any atom is -0.313 e. The smallest absolute Gasteiger partial charge is 0.0107 e. The van der Waals surface area contributed by atoms with Gasteiger partial charge in [-0.25, -0.2) is 0 Å². The minimum atomic E-state index is 0.751. The largest absolute Gasteiger partial charge is 0.313 e. The van der Waals surface area contributed by atoms with E-state index in [1.807, 2.05) is 0 Å². The summed E-state index contributed by atoms with van der Waals surface area (Å²) >= 11 is 0. The highest BCUT2D eigenvalue weighted by Crippen LogP contribution is 2.38. The van der Waals surface area contributed by atoms with Crippen molar-refractivity contribution >= 4 is 0 Å². The predicted molar refractivity (Wildman–Crippen MR) is 89.9 cm³/mol. The van der Waals surface area contributed by atoms with E-state index in [1.165, 1.54) is 70.3 Å². The van der Waals surface area contributed by atoms with Crippen LogP contribution >= 0.6 is 0 Å². The lowest BCUT2D eigenvalue weighted by molar-refractivity contribution is 0.248. The highest BCUT2D eigenvalue weighted by molar-refractivity contribution is 5.31. The fourth-order valence-electron chi connectivity index (χ4n) is 3.87. The van der Waals surface area contributed by atoms with Crippen LogP contribution in [0.1, 0.15) is 55.6 Å². The molecular weight excluding hydrogens is 256 g/mol. The molecular formula is C19H30N2. The fourth-order valence-corrected chi connectivity index (χ4v) is 3.87. The van der Waals surface area contributed by atoms with Crippen LogP contribution in [0.3, 0.4) is 0 Å². The lowest BCUT2D eigenvalue weighted by Crippen LogP contribution is -2.43. The molecule has 3 rings (SSSR count). The van der Waals surface area contributed by atoms with Crippen molar-refractivity contribution in [2.75, 3.05) is 26.2 Å². The Balaban J connectivity index is 1.35. The number of benzene rings is 1. The standard InChI is InChI=1S/C19H30N2/c1-16-8-4-5-9-19(16)17-14-18(15-17)20-10-13-21-11-6-2-3-7-12-21/h4-5,8-9,17-18,20H,2-3,6-7,10-15H2,1H3. The summed E-state index contributed by atoms with van der Waals surface area (Å²) in [4.78, 5) is 2.65. The first-order chi connectivity index (χ1) is 10.3. The number of likely N-dealkylation sites (tertiary alicyclic amines) is 1. The Bertz CT molecular complexity index is 429. The van der Waals surface area contributed by atoms with E-state index in [9.17, 15) is 0 Å². The fraction of sp³-hybridized carbons (Fsp3) is 0.684. The van der Waals surface area contributed by atoms with Gasteiger partial charge in [0.2, 0.25) is 0 Å². The summed E-state index contributed by atoms with van der Waals surface area (Å²) in [6.07, 6.45) is 8.32. The molecule has 2 heteroatoms. The van der Waals surface area contributed by atoms with Gasteiger partial charge in [0, 0.05) is 19.1 Å². The van der Waals surface area contributed by atoms with Crippen molar-refractivity contribution in [2.24, 2.45) is 0 Å². The number of nitrogens with zero attached hydrogens (tertiary/aromatic N) is 1. The molecule has 0 spiro atoms. The van der Waals surface area contributed by atoms with Gasteiger partial charge in [-0.3, -0.25) is 0 Å². The molecule has 116 valence electrons. The summed E-state index contributed by atoms with van der Waals surface area (Å²) in [6.45, 7) is 7.29. The molecule has 1 N–H and O–H groups in total. The third-order valence-corrected chi connectivity index (χ3v) is 5.33. The van der Waals surface area contributed by atoms with Gasteiger partial charge in [-0.1, -0.05) is 37.1 Å². The highest BCUT2D eigenvalue weighted by atomic mass is 15.1. The zero-order valence-electron chi connectivity index (χ0n) is 13.5. The maximum Gasteiger partial charge on any atom is 0.0107 e. The average Bonchev–Trinajstić information content (AvgIpc) is 2.71. The van der Waals surface area contributed by atoms with Crippen LogP contribution in [-0.2, 0) is 0 Å². The topological polar surface area (TPSA) is 15.3 Å². The molecule has 1 aromatic rings. The van der Waals surface area contributed by atoms with Crippen LogP contribution in [-0.4, -0.2) is 37.1 Å². The van der Waals surface area contributed by atoms with Crippen LogP contribution in [0.2, 0.25) is 0 Å². The van der Waals surface area contributed by atoms with Crippen molar-refractivity contribution in [3.05, 3.63) is 35.4 Å². The maximum atomic E-state index is 3.76. The normalized spacial score (nSPS) is 27.1. The van der Waals surface area contributed by atoms with Crippen LogP contribution in [0.4, 0.5) is 0 Å². The maximum absolute atomic E-state index is 3.76. The van der Waals surface area contributed by atoms with Gasteiger partial charge in [0.1, 0.15) is 0 Å². The monoisotopic (exact) mass is 286 g/mol. The summed E-state index contributed by atoms with van der Waals surface area (Å²) in [5.74, 6) is 0.793. The van der Waals surface area contributed by atoms with E-state index < -0.39 is 0 Å². The second-order valence-electron chi connectivity index (χ2n) is 6.93. The molecule has 0 radical (unpaired) electrons. The van der Waals surface area contributed by atoms with E-state index in [1.54, 1.807) is 5.56 Å². The Labute approximate surface area is 129 Å². The van der Waals surface area contributed by atoms with Crippen LogP contribution in [0.25, 0.3) is 0 Å².